The molecule has 0 aromatic heterocycles. The summed E-state index contributed by atoms with van der Waals surface area (Å²) >= 11 is 0. The zero-order valence-electron chi connectivity index (χ0n) is 14.3. The molecular weight excluding hydrogens is 256 g/mol. The van der Waals surface area contributed by atoms with Gasteiger partial charge in [0, 0.05) is 19.1 Å². The Kier molecular flexibility index (Phi) is 5.83. The average molecular weight is 288 g/mol. The van der Waals surface area contributed by atoms with Crippen molar-refractivity contribution in [2.24, 2.45) is 0 Å². The molecule has 1 saturated heterocycles. The third-order valence-electron chi connectivity index (χ3n) is 4.51. The van der Waals surface area contributed by atoms with Gasteiger partial charge in [-0.3, -0.25) is 4.90 Å². The first-order chi connectivity index (χ1) is 10.0. The van der Waals surface area contributed by atoms with Crippen LogP contribution in [-0.4, -0.2) is 30.6 Å². The topological polar surface area (TPSA) is 15.3 Å². The van der Waals surface area contributed by atoms with Crippen molar-refractivity contribution in [2.75, 3.05) is 19.6 Å². The maximum Gasteiger partial charge on any atom is 0.0237 e. The molecule has 0 amide bonds. The van der Waals surface area contributed by atoms with Crippen LogP contribution in [0.15, 0.2) is 24.3 Å². The normalized spacial score (nSPS) is 20.1. The summed E-state index contributed by atoms with van der Waals surface area (Å²) in [5.74, 6) is 0. The Balaban J connectivity index is 1.91. The molecule has 0 aliphatic carbocycles. The van der Waals surface area contributed by atoms with Crippen molar-refractivity contribution in [3.63, 3.8) is 0 Å². The van der Waals surface area contributed by atoms with E-state index in [9.17, 15) is 0 Å². The third-order valence-corrected chi connectivity index (χ3v) is 4.51. The first-order valence-electron chi connectivity index (χ1n) is 8.55. The van der Waals surface area contributed by atoms with Crippen LogP contribution in [0.25, 0.3) is 0 Å². The van der Waals surface area contributed by atoms with Gasteiger partial charge in [-0.1, -0.05) is 52.0 Å². The molecule has 0 radical (unpaired) electrons. The summed E-state index contributed by atoms with van der Waals surface area (Å²) < 4.78 is 0. The van der Waals surface area contributed by atoms with E-state index in [0.29, 0.717) is 0 Å². The molecule has 21 heavy (non-hydrogen) atoms. The Morgan fingerprint density at radius 2 is 1.90 bits per heavy atom. The van der Waals surface area contributed by atoms with Gasteiger partial charge in [0.05, 0.1) is 0 Å². The molecule has 1 N–H and O–H groups in total. The van der Waals surface area contributed by atoms with Gasteiger partial charge >= 0.3 is 0 Å². The lowest BCUT2D eigenvalue weighted by Gasteiger charge is -2.25. The fourth-order valence-electron chi connectivity index (χ4n) is 3.12. The molecule has 1 aromatic rings. The Morgan fingerprint density at radius 3 is 2.52 bits per heavy atom. The SMILES string of the molecule is CCCNCC1CCCN1Cc1ccc(C(C)(C)C)cc1. The molecule has 1 heterocycles. The van der Waals surface area contributed by atoms with Crippen molar-refractivity contribution in [2.45, 2.75) is 65.0 Å². The van der Waals surface area contributed by atoms with Gasteiger partial charge in [0.1, 0.15) is 0 Å². The summed E-state index contributed by atoms with van der Waals surface area (Å²) in [7, 11) is 0. The number of nitrogens with zero attached hydrogens (tertiary/aromatic N) is 1. The van der Waals surface area contributed by atoms with E-state index in [1.54, 1.807) is 0 Å². The fourth-order valence-corrected chi connectivity index (χ4v) is 3.12. The van der Waals surface area contributed by atoms with Gasteiger partial charge in [0.25, 0.3) is 0 Å². The quantitative estimate of drug-likeness (QED) is 0.797. The van der Waals surface area contributed by atoms with Crippen LogP contribution in [0.5, 0.6) is 0 Å². The van der Waals surface area contributed by atoms with Crippen molar-refractivity contribution >= 4 is 0 Å². The van der Waals surface area contributed by atoms with Gasteiger partial charge < -0.3 is 5.32 Å². The summed E-state index contributed by atoms with van der Waals surface area (Å²) in [6.45, 7) is 13.7. The molecule has 0 bridgehead atoms. The van der Waals surface area contributed by atoms with Crippen LogP contribution in [0.1, 0.15) is 58.1 Å². The number of likely N-dealkylation sites (tertiary alicyclic amines) is 1. The monoisotopic (exact) mass is 288 g/mol. The van der Waals surface area contributed by atoms with E-state index >= 15 is 0 Å². The first kappa shape index (κ1) is 16.5. The smallest absolute Gasteiger partial charge is 0.0237 e. The molecule has 1 aliphatic heterocycles. The maximum atomic E-state index is 3.58. The maximum absolute atomic E-state index is 3.58. The zero-order chi connectivity index (χ0) is 15.3. The molecule has 2 heteroatoms. The van der Waals surface area contributed by atoms with E-state index in [1.165, 1.54) is 36.9 Å². The number of hydrogen-bond donors (Lipinski definition) is 1. The number of rotatable bonds is 6. The van der Waals surface area contributed by atoms with Gasteiger partial charge in [-0.05, 0) is 48.9 Å². The second-order valence-corrected chi connectivity index (χ2v) is 7.42. The minimum atomic E-state index is 0.249. The standard InChI is InChI=1S/C19H32N2/c1-5-12-20-14-18-7-6-13-21(18)15-16-8-10-17(11-9-16)19(2,3)4/h8-11,18,20H,5-7,12-15H2,1-4H3. The van der Waals surface area contributed by atoms with Crippen LogP contribution < -0.4 is 5.32 Å². The van der Waals surface area contributed by atoms with Gasteiger partial charge in [-0.15, -0.1) is 0 Å². The van der Waals surface area contributed by atoms with Crippen molar-refractivity contribution in [3.8, 4) is 0 Å². The second kappa shape index (κ2) is 7.42. The van der Waals surface area contributed by atoms with E-state index in [-0.39, 0.29) is 5.41 Å². The zero-order valence-corrected chi connectivity index (χ0v) is 14.3. The lowest BCUT2D eigenvalue weighted by molar-refractivity contribution is 0.239. The van der Waals surface area contributed by atoms with E-state index < -0.39 is 0 Å². The molecular formula is C19H32N2. The molecule has 118 valence electrons. The van der Waals surface area contributed by atoms with Crippen LogP contribution in [0.2, 0.25) is 0 Å². The van der Waals surface area contributed by atoms with E-state index in [2.05, 4.69) is 62.2 Å². The van der Waals surface area contributed by atoms with Gasteiger partial charge in [0.2, 0.25) is 0 Å². The average Bonchev–Trinajstić information content (AvgIpc) is 2.86. The van der Waals surface area contributed by atoms with E-state index in [4.69, 9.17) is 0 Å². The van der Waals surface area contributed by atoms with Crippen LogP contribution in [0.4, 0.5) is 0 Å². The lowest BCUT2D eigenvalue weighted by atomic mass is 9.87. The molecule has 1 fully saturated rings. The molecule has 2 nitrogen and oxygen atoms in total. The minimum absolute atomic E-state index is 0.249. The molecule has 1 unspecified atom stereocenters. The van der Waals surface area contributed by atoms with Gasteiger partial charge in [0.15, 0.2) is 0 Å². The van der Waals surface area contributed by atoms with Gasteiger partial charge in [-0.2, -0.15) is 0 Å². The Morgan fingerprint density at radius 1 is 1.19 bits per heavy atom. The highest BCUT2D eigenvalue weighted by atomic mass is 15.2. The Labute approximate surface area is 130 Å². The number of nitrogens with one attached hydrogen (secondary N) is 1. The van der Waals surface area contributed by atoms with Crippen molar-refractivity contribution in [1.29, 1.82) is 0 Å². The highest BCUT2D eigenvalue weighted by Crippen LogP contribution is 2.24. The molecule has 0 saturated carbocycles. The lowest BCUT2D eigenvalue weighted by Crippen LogP contribution is -2.37. The highest BCUT2D eigenvalue weighted by Gasteiger charge is 2.24. The number of benzene rings is 1. The molecule has 1 aliphatic rings. The van der Waals surface area contributed by atoms with E-state index in [0.717, 1.165) is 25.7 Å². The van der Waals surface area contributed by atoms with Crippen molar-refractivity contribution in [1.82, 2.24) is 10.2 Å². The van der Waals surface area contributed by atoms with Crippen LogP contribution >= 0.6 is 0 Å². The van der Waals surface area contributed by atoms with Gasteiger partial charge in [-0.25, -0.2) is 0 Å². The first-order valence-corrected chi connectivity index (χ1v) is 8.55. The summed E-state index contributed by atoms with van der Waals surface area (Å²) in [4.78, 5) is 2.65. The fraction of sp³-hybridized carbons (Fsp3) is 0.684. The van der Waals surface area contributed by atoms with E-state index in [1.807, 2.05) is 0 Å². The molecule has 1 aromatic carbocycles. The Hall–Kier alpha value is -0.860. The van der Waals surface area contributed by atoms with Crippen LogP contribution in [-0.2, 0) is 12.0 Å². The second-order valence-electron chi connectivity index (χ2n) is 7.42. The minimum Gasteiger partial charge on any atom is -0.315 e. The van der Waals surface area contributed by atoms with Crippen LogP contribution in [0.3, 0.4) is 0 Å². The molecule has 0 spiro atoms. The Bertz CT molecular complexity index is 416. The highest BCUT2D eigenvalue weighted by molar-refractivity contribution is 5.27. The molecule has 2 rings (SSSR count). The summed E-state index contributed by atoms with van der Waals surface area (Å²) in [5, 5.41) is 3.58. The number of hydrogen-bond acceptors (Lipinski definition) is 2. The predicted molar refractivity (Wildman–Crippen MR) is 91.7 cm³/mol. The summed E-state index contributed by atoms with van der Waals surface area (Å²) in [6.07, 6.45) is 3.91. The summed E-state index contributed by atoms with van der Waals surface area (Å²) in [6, 6.07) is 9.95. The summed E-state index contributed by atoms with van der Waals surface area (Å²) in [5.41, 5.74) is 3.12. The van der Waals surface area contributed by atoms with Crippen molar-refractivity contribution in [3.05, 3.63) is 35.4 Å². The third kappa shape index (κ3) is 4.82. The predicted octanol–water partition coefficient (Wildman–Crippen LogP) is 3.95. The van der Waals surface area contributed by atoms with Crippen molar-refractivity contribution < 1.29 is 0 Å². The molecule has 1 atom stereocenters. The largest absolute Gasteiger partial charge is 0.315 e. The van der Waals surface area contributed by atoms with Crippen LogP contribution in [0, 0.1) is 0 Å².